The monoisotopic (exact) mass is 407 g/mol. The lowest BCUT2D eigenvalue weighted by molar-refractivity contribution is -0.122. The van der Waals surface area contributed by atoms with Gasteiger partial charge in [-0.15, -0.1) is 0 Å². The Balaban J connectivity index is 1.20. The normalized spacial score (nSPS) is 26.0. The molecule has 150 valence electrons. The molecule has 1 aromatic rings. The third-order valence-corrected chi connectivity index (χ3v) is 7.77. The third-order valence-electron chi connectivity index (χ3n) is 5.90. The minimum absolute atomic E-state index is 0.00696. The van der Waals surface area contributed by atoms with Crippen molar-refractivity contribution in [3.63, 3.8) is 0 Å². The molecule has 1 saturated carbocycles. The number of hydrogen-bond donors (Lipinski definition) is 1. The van der Waals surface area contributed by atoms with E-state index in [1.807, 2.05) is 4.90 Å². The van der Waals surface area contributed by atoms with Gasteiger partial charge in [0.15, 0.2) is 0 Å². The fourth-order valence-electron chi connectivity index (χ4n) is 4.22. The summed E-state index contributed by atoms with van der Waals surface area (Å²) in [6.07, 6.45) is 0.874. The van der Waals surface area contributed by atoms with E-state index in [9.17, 15) is 18.2 Å². The van der Waals surface area contributed by atoms with E-state index in [1.54, 1.807) is 12.1 Å². The number of ether oxygens (including phenoxy) is 1. The summed E-state index contributed by atoms with van der Waals surface area (Å²) < 4.78 is 31.3. The summed E-state index contributed by atoms with van der Waals surface area (Å²) in [6.45, 7) is 2.00. The van der Waals surface area contributed by atoms with Crippen LogP contribution in [0.25, 0.3) is 0 Å². The molecule has 3 heterocycles. The number of anilines is 2. The molecule has 0 radical (unpaired) electrons. The molecule has 1 unspecified atom stereocenters. The van der Waals surface area contributed by atoms with Gasteiger partial charge in [-0.25, -0.2) is 9.18 Å². The molecule has 1 spiro atoms. The summed E-state index contributed by atoms with van der Waals surface area (Å²) in [5, 5.41) is 2.81. The van der Waals surface area contributed by atoms with Crippen LogP contribution in [0.5, 0.6) is 0 Å². The van der Waals surface area contributed by atoms with Crippen LogP contribution in [0, 0.1) is 17.2 Å². The number of benzene rings is 1. The summed E-state index contributed by atoms with van der Waals surface area (Å²) in [6, 6.07) is 4.75. The lowest BCUT2D eigenvalue weighted by Crippen LogP contribution is -2.67. The van der Waals surface area contributed by atoms with Gasteiger partial charge in [0.1, 0.15) is 11.9 Å². The van der Waals surface area contributed by atoms with Crippen LogP contribution >= 0.6 is 0 Å². The van der Waals surface area contributed by atoms with Gasteiger partial charge in [0, 0.05) is 46.7 Å². The quantitative estimate of drug-likeness (QED) is 0.795. The highest BCUT2D eigenvalue weighted by molar-refractivity contribution is 7.86. The van der Waals surface area contributed by atoms with E-state index >= 15 is 0 Å². The zero-order valence-corrected chi connectivity index (χ0v) is 16.2. The van der Waals surface area contributed by atoms with Crippen LogP contribution in [0.1, 0.15) is 12.8 Å². The lowest BCUT2D eigenvalue weighted by atomic mass is 9.82. The number of nitrogens with zero attached hydrogens (tertiary/aromatic N) is 2. The molecule has 4 aliphatic rings. The van der Waals surface area contributed by atoms with Crippen LogP contribution in [0.2, 0.25) is 0 Å². The summed E-state index contributed by atoms with van der Waals surface area (Å²) >= 11 is 0. The maximum atomic E-state index is 14.7. The third kappa shape index (κ3) is 3.15. The molecule has 0 bridgehead atoms. The van der Waals surface area contributed by atoms with Crippen molar-refractivity contribution in [3.8, 4) is 0 Å². The van der Waals surface area contributed by atoms with Gasteiger partial charge in [0.05, 0.1) is 24.5 Å². The smallest absolute Gasteiger partial charge is 0.414 e. The molecule has 7 nitrogen and oxygen atoms in total. The van der Waals surface area contributed by atoms with Crippen LogP contribution < -0.4 is 15.1 Å². The Kier molecular flexibility index (Phi) is 4.12. The number of hydrogen-bond acceptors (Lipinski definition) is 5. The molecule has 4 fully saturated rings. The number of amides is 2. The summed E-state index contributed by atoms with van der Waals surface area (Å²) in [5.41, 5.74) is 1.06. The van der Waals surface area contributed by atoms with E-state index in [-0.39, 0.29) is 36.1 Å². The molecule has 2 amide bonds. The van der Waals surface area contributed by atoms with Gasteiger partial charge in [-0.3, -0.25) is 13.9 Å². The molecule has 1 aromatic carbocycles. The number of carbonyl (C=O) groups is 2. The Morgan fingerprint density at radius 3 is 2.71 bits per heavy atom. The van der Waals surface area contributed by atoms with Crippen molar-refractivity contribution in [1.82, 2.24) is 5.32 Å². The second kappa shape index (κ2) is 6.43. The molecule has 3 saturated heterocycles. The van der Waals surface area contributed by atoms with E-state index < -0.39 is 23.0 Å². The first-order chi connectivity index (χ1) is 13.4. The predicted octanol–water partition coefficient (Wildman–Crippen LogP) is 1.25. The fourth-order valence-corrected chi connectivity index (χ4v) is 5.87. The molecular formula is C19H22FN3O4S. The summed E-state index contributed by atoms with van der Waals surface area (Å²) in [7, 11) is -0.709. The maximum absolute atomic E-state index is 14.7. The topological polar surface area (TPSA) is 79.0 Å². The van der Waals surface area contributed by atoms with Crippen LogP contribution in [-0.4, -0.2) is 60.0 Å². The van der Waals surface area contributed by atoms with E-state index in [2.05, 4.69) is 5.32 Å². The van der Waals surface area contributed by atoms with Crippen molar-refractivity contribution < 1.29 is 22.9 Å². The number of halogens is 1. The number of rotatable bonds is 5. The van der Waals surface area contributed by atoms with Crippen LogP contribution in [0.4, 0.5) is 20.6 Å². The van der Waals surface area contributed by atoms with E-state index in [1.165, 1.54) is 11.0 Å². The molecule has 1 aliphatic carbocycles. The van der Waals surface area contributed by atoms with E-state index in [4.69, 9.17) is 4.74 Å². The average Bonchev–Trinajstić information content (AvgIpc) is 3.38. The van der Waals surface area contributed by atoms with Gasteiger partial charge in [-0.1, -0.05) is 0 Å². The van der Waals surface area contributed by atoms with Crippen molar-refractivity contribution in [2.24, 2.45) is 11.3 Å². The highest BCUT2D eigenvalue weighted by Crippen LogP contribution is 2.43. The minimum Gasteiger partial charge on any atom is -0.442 e. The molecule has 1 N–H and O–H groups in total. The van der Waals surface area contributed by atoms with Gasteiger partial charge in [-0.2, -0.15) is 0 Å². The molecule has 3 aliphatic heterocycles. The van der Waals surface area contributed by atoms with Crippen LogP contribution in [0.3, 0.4) is 0 Å². The summed E-state index contributed by atoms with van der Waals surface area (Å²) in [4.78, 5) is 27.2. The van der Waals surface area contributed by atoms with Crippen molar-refractivity contribution in [1.29, 1.82) is 0 Å². The first-order valence-corrected chi connectivity index (χ1v) is 11.1. The van der Waals surface area contributed by atoms with Gasteiger partial charge in [0.25, 0.3) is 0 Å². The standard InChI is InChI=1S/C19H22FN3O4S/c20-15-5-13(3-4-16(15)22-8-19(9-22)10-28(26)11-19)23-7-14(27-18(23)25)6-21-17(24)12-1-2-12/h3-5,12,14H,1-2,6-11H2,(H,21,24). The Bertz CT molecular complexity index is 859. The predicted molar refractivity (Wildman–Crippen MR) is 102 cm³/mol. The molecule has 5 rings (SSSR count). The number of carbonyl (C=O) groups excluding carboxylic acids is 2. The van der Waals surface area contributed by atoms with Crippen LogP contribution in [0.15, 0.2) is 18.2 Å². The Labute approximate surface area is 164 Å². The fraction of sp³-hybridized carbons (Fsp3) is 0.579. The second-order valence-electron chi connectivity index (χ2n) is 8.36. The summed E-state index contributed by atoms with van der Waals surface area (Å²) in [5.74, 6) is 1.15. The Morgan fingerprint density at radius 1 is 1.32 bits per heavy atom. The molecule has 28 heavy (non-hydrogen) atoms. The van der Waals surface area contributed by atoms with Crippen molar-refractivity contribution in [2.45, 2.75) is 18.9 Å². The van der Waals surface area contributed by atoms with E-state index in [0.717, 1.165) is 25.9 Å². The maximum Gasteiger partial charge on any atom is 0.414 e. The van der Waals surface area contributed by atoms with Gasteiger partial charge in [0.2, 0.25) is 5.91 Å². The van der Waals surface area contributed by atoms with Crippen LogP contribution in [-0.2, 0) is 20.3 Å². The highest BCUT2D eigenvalue weighted by Gasteiger charge is 2.52. The zero-order valence-electron chi connectivity index (χ0n) is 15.4. The molecule has 9 heteroatoms. The van der Waals surface area contributed by atoms with Gasteiger partial charge < -0.3 is 15.0 Å². The van der Waals surface area contributed by atoms with Crippen molar-refractivity contribution in [3.05, 3.63) is 24.0 Å². The Morgan fingerprint density at radius 2 is 2.07 bits per heavy atom. The van der Waals surface area contributed by atoms with Crippen molar-refractivity contribution >= 4 is 34.2 Å². The highest BCUT2D eigenvalue weighted by atomic mass is 32.2. The lowest BCUT2D eigenvalue weighted by Gasteiger charge is -2.55. The first kappa shape index (κ1) is 17.9. The average molecular weight is 407 g/mol. The second-order valence-corrected chi connectivity index (χ2v) is 9.81. The van der Waals surface area contributed by atoms with E-state index in [0.29, 0.717) is 22.9 Å². The zero-order chi connectivity index (χ0) is 19.5. The number of cyclic esters (lactones) is 1. The number of nitrogens with one attached hydrogen (secondary N) is 1. The molecule has 1 atom stereocenters. The van der Waals surface area contributed by atoms with Gasteiger partial charge >= 0.3 is 6.09 Å². The van der Waals surface area contributed by atoms with Crippen molar-refractivity contribution in [2.75, 3.05) is 47.5 Å². The molecule has 0 aromatic heterocycles. The van der Waals surface area contributed by atoms with Gasteiger partial charge in [-0.05, 0) is 31.0 Å². The minimum atomic E-state index is -0.709. The first-order valence-electron chi connectivity index (χ1n) is 9.58. The largest absolute Gasteiger partial charge is 0.442 e. The Hall–Kier alpha value is -2.16. The molecular weight excluding hydrogens is 385 g/mol. The SMILES string of the molecule is O=C(NCC1CN(c2ccc(N3CC4(C3)CS(=O)C4)c(F)c2)C(=O)O1)C1CC1.